The Morgan fingerprint density at radius 2 is 1.86 bits per heavy atom. The monoisotopic (exact) mass is 385 g/mol. The van der Waals surface area contributed by atoms with E-state index >= 15 is 0 Å². The molecule has 0 radical (unpaired) electrons. The highest BCUT2D eigenvalue weighted by molar-refractivity contribution is 5.74. The van der Waals surface area contributed by atoms with Crippen molar-refractivity contribution in [2.24, 2.45) is 0 Å². The molecule has 0 saturated carbocycles. The number of anilines is 1. The second-order valence-electron chi connectivity index (χ2n) is 6.11. The number of nitrogens with one attached hydrogen (secondary N) is 1. The van der Waals surface area contributed by atoms with Crippen LogP contribution in [-0.2, 0) is 0 Å². The van der Waals surface area contributed by atoms with E-state index in [0.717, 1.165) is 11.6 Å². The third-order valence-corrected chi connectivity index (χ3v) is 4.28. The quantitative estimate of drug-likeness (QED) is 0.471. The molecule has 0 bridgehead atoms. The molecule has 3 aromatic rings. The molecule has 0 unspecified atom stereocenters. The van der Waals surface area contributed by atoms with Crippen molar-refractivity contribution in [3.63, 3.8) is 0 Å². The van der Waals surface area contributed by atoms with Crippen molar-refractivity contribution < 1.29 is 18.4 Å². The maximum absolute atomic E-state index is 14.5. The number of rotatable bonds is 6. The van der Waals surface area contributed by atoms with Crippen LogP contribution in [0.25, 0.3) is 11.1 Å². The van der Waals surface area contributed by atoms with Gasteiger partial charge in [0.25, 0.3) is 5.69 Å². The molecule has 144 valence electrons. The molecular formula is C20H17F2N3O3. The predicted octanol–water partition coefficient (Wildman–Crippen LogP) is 5.12. The maximum atomic E-state index is 14.5. The van der Waals surface area contributed by atoms with Gasteiger partial charge in [-0.3, -0.25) is 10.1 Å². The first-order chi connectivity index (χ1) is 13.4. The Kier molecular flexibility index (Phi) is 5.49. The number of nitro groups is 1. The standard InChI is InChI=1S/C20H17F2N3O3/c1-12(13-3-6-15(21)7-4-13)24-18-9-16(17(22)10-19(18)25(26)27)14-5-8-20(28-2)23-11-14/h3-12,24H,1-2H3/t12-/m0/s1. The fraction of sp³-hybridized carbons (Fsp3) is 0.150. The number of aromatic nitrogens is 1. The number of benzene rings is 2. The van der Waals surface area contributed by atoms with E-state index < -0.39 is 16.4 Å². The summed E-state index contributed by atoms with van der Waals surface area (Å²) in [4.78, 5) is 14.8. The topological polar surface area (TPSA) is 77.3 Å². The van der Waals surface area contributed by atoms with Crippen LogP contribution in [0.3, 0.4) is 0 Å². The van der Waals surface area contributed by atoms with Crippen molar-refractivity contribution in [3.05, 3.63) is 82.0 Å². The highest BCUT2D eigenvalue weighted by atomic mass is 19.1. The van der Waals surface area contributed by atoms with Gasteiger partial charge < -0.3 is 10.1 Å². The van der Waals surface area contributed by atoms with E-state index in [1.165, 1.54) is 31.5 Å². The Morgan fingerprint density at radius 3 is 2.43 bits per heavy atom. The lowest BCUT2D eigenvalue weighted by atomic mass is 10.0. The Morgan fingerprint density at radius 1 is 1.14 bits per heavy atom. The fourth-order valence-electron chi connectivity index (χ4n) is 2.78. The summed E-state index contributed by atoms with van der Waals surface area (Å²) >= 11 is 0. The minimum absolute atomic E-state index is 0.147. The second kappa shape index (κ2) is 7.99. The summed E-state index contributed by atoms with van der Waals surface area (Å²) in [6.45, 7) is 1.77. The molecule has 0 aliphatic heterocycles. The van der Waals surface area contributed by atoms with Gasteiger partial charge in [-0.05, 0) is 36.8 Å². The fourth-order valence-corrected chi connectivity index (χ4v) is 2.78. The Bertz CT molecular complexity index is 993. The highest BCUT2D eigenvalue weighted by Gasteiger charge is 2.21. The first kappa shape index (κ1) is 19.2. The smallest absolute Gasteiger partial charge is 0.295 e. The van der Waals surface area contributed by atoms with Crippen molar-refractivity contribution in [1.29, 1.82) is 0 Å². The van der Waals surface area contributed by atoms with Crippen LogP contribution in [0.1, 0.15) is 18.5 Å². The van der Waals surface area contributed by atoms with Crippen molar-refractivity contribution in [3.8, 4) is 17.0 Å². The molecule has 8 heteroatoms. The van der Waals surface area contributed by atoms with Gasteiger partial charge in [-0.2, -0.15) is 0 Å². The molecule has 0 fully saturated rings. The number of ether oxygens (including phenoxy) is 1. The van der Waals surface area contributed by atoms with Crippen LogP contribution in [-0.4, -0.2) is 17.0 Å². The molecule has 0 aliphatic carbocycles. The molecule has 1 N–H and O–H groups in total. The number of halogens is 2. The lowest BCUT2D eigenvalue weighted by Crippen LogP contribution is -2.09. The molecule has 28 heavy (non-hydrogen) atoms. The Balaban J connectivity index is 2.00. The van der Waals surface area contributed by atoms with Crippen molar-refractivity contribution in [2.75, 3.05) is 12.4 Å². The van der Waals surface area contributed by atoms with Crippen LogP contribution in [0.5, 0.6) is 5.88 Å². The zero-order valence-electron chi connectivity index (χ0n) is 15.1. The van der Waals surface area contributed by atoms with Gasteiger partial charge in [0.05, 0.1) is 18.1 Å². The molecule has 0 saturated heterocycles. The molecule has 1 heterocycles. The molecular weight excluding hydrogens is 368 g/mol. The minimum Gasteiger partial charge on any atom is -0.481 e. The van der Waals surface area contributed by atoms with Crippen molar-refractivity contribution >= 4 is 11.4 Å². The summed E-state index contributed by atoms with van der Waals surface area (Å²) in [6.07, 6.45) is 1.43. The molecule has 0 spiro atoms. The van der Waals surface area contributed by atoms with E-state index in [9.17, 15) is 18.9 Å². The summed E-state index contributed by atoms with van der Waals surface area (Å²) in [5.41, 5.74) is 1.10. The maximum Gasteiger partial charge on any atom is 0.295 e. The zero-order valence-corrected chi connectivity index (χ0v) is 15.1. The van der Waals surface area contributed by atoms with Crippen LogP contribution in [0.2, 0.25) is 0 Å². The molecule has 1 aromatic heterocycles. The number of pyridine rings is 1. The lowest BCUT2D eigenvalue weighted by Gasteiger charge is -2.17. The van der Waals surface area contributed by atoms with Gasteiger partial charge in [-0.25, -0.2) is 13.8 Å². The summed E-state index contributed by atoms with van der Waals surface area (Å²) < 4.78 is 32.6. The largest absolute Gasteiger partial charge is 0.481 e. The van der Waals surface area contributed by atoms with Gasteiger partial charge in [0.15, 0.2) is 0 Å². The third-order valence-electron chi connectivity index (χ3n) is 4.28. The van der Waals surface area contributed by atoms with E-state index in [4.69, 9.17) is 4.74 Å². The van der Waals surface area contributed by atoms with Gasteiger partial charge in [0, 0.05) is 29.4 Å². The number of methoxy groups -OCH3 is 1. The molecule has 2 aromatic carbocycles. The first-order valence-corrected chi connectivity index (χ1v) is 8.39. The highest BCUT2D eigenvalue weighted by Crippen LogP contribution is 2.35. The van der Waals surface area contributed by atoms with Crippen molar-refractivity contribution in [1.82, 2.24) is 4.98 Å². The van der Waals surface area contributed by atoms with Gasteiger partial charge in [0.1, 0.15) is 17.3 Å². The van der Waals surface area contributed by atoms with Crippen LogP contribution in [0, 0.1) is 21.7 Å². The minimum atomic E-state index is -0.737. The van der Waals surface area contributed by atoms with Gasteiger partial charge >= 0.3 is 0 Å². The van der Waals surface area contributed by atoms with Gasteiger partial charge in [0.2, 0.25) is 5.88 Å². The molecule has 0 aliphatic rings. The third kappa shape index (κ3) is 4.06. The van der Waals surface area contributed by atoms with Gasteiger partial charge in [-0.1, -0.05) is 12.1 Å². The Labute approximate surface area is 160 Å². The van der Waals surface area contributed by atoms with Gasteiger partial charge in [-0.15, -0.1) is 0 Å². The van der Waals surface area contributed by atoms with E-state index in [-0.39, 0.29) is 23.1 Å². The number of hydrogen-bond donors (Lipinski definition) is 1. The average molecular weight is 385 g/mol. The normalized spacial score (nSPS) is 11.7. The molecule has 6 nitrogen and oxygen atoms in total. The SMILES string of the molecule is COc1ccc(-c2cc(N[C@@H](C)c3ccc(F)cc3)c([N+](=O)[O-])cc2F)cn1. The number of nitrogens with zero attached hydrogens (tertiary/aromatic N) is 2. The molecule has 3 rings (SSSR count). The van der Waals surface area contributed by atoms with Crippen LogP contribution in [0.15, 0.2) is 54.7 Å². The van der Waals surface area contributed by atoms with E-state index in [2.05, 4.69) is 10.3 Å². The van der Waals surface area contributed by atoms with Crippen molar-refractivity contribution in [2.45, 2.75) is 13.0 Å². The van der Waals surface area contributed by atoms with Crippen LogP contribution in [0.4, 0.5) is 20.2 Å². The number of hydrogen-bond acceptors (Lipinski definition) is 5. The summed E-state index contributed by atoms with van der Waals surface area (Å²) in [5.74, 6) is -0.744. The van der Waals surface area contributed by atoms with Crippen LogP contribution < -0.4 is 10.1 Å². The molecule has 0 amide bonds. The summed E-state index contributed by atoms with van der Waals surface area (Å²) in [7, 11) is 1.47. The average Bonchev–Trinajstić information content (AvgIpc) is 2.69. The first-order valence-electron chi connectivity index (χ1n) is 8.39. The zero-order chi connectivity index (χ0) is 20.3. The predicted molar refractivity (Wildman–Crippen MR) is 101 cm³/mol. The Hall–Kier alpha value is -3.55. The van der Waals surface area contributed by atoms with E-state index in [1.54, 1.807) is 31.2 Å². The summed E-state index contributed by atoms with van der Waals surface area (Å²) in [5, 5.41) is 14.4. The number of nitro benzene ring substituents is 1. The second-order valence-corrected chi connectivity index (χ2v) is 6.11. The molecule has 1 atom stereocenters. The lowest BCUT2D eigenvalue weighted by molar-refractivity contribution is -0.384. The van der Waals surface area contributed by atoms with E-state index in [0.29, 0.717) is 11.4 Å². The summed E-state index contributed by atoms with van der Waals surface area (Å²) in [6, 6.07) is 10.8. The van der Waals surface area contributed by atoms with Crippen LogP contribution >= 0.6 is 0 Å². The van der Waals surface area contributed by atoms with E-state index in [1.807, 2.05) is 0 Å².